The molecule has 0 aliphatic heterocycles. The van der Waals surface area contributed by atoms with E-state index in [-0.39, 0.29) is 11.8 Å². The van der Waals surface area contributed by atoms with Crippen molar-refractivity contribution in [2.75, 3.05) is 19.5 Å². The number of aromatic nitrogens is 4. The van der Waals surface area contributed by atoms with Crippen molar-refractivity contribution in [3.8, 4) is 11.8 Å². The molecule has 2 rings (SSSR count). The molecule has 10 nitrogen and oxygen atoms in total. The molecule has 10 heteroatoms. The second-order valence-corrected chi connectivity index (χ2v) is 4.49. The van der Waals surface area contributed by atoms with Crippen molar-refractivity contribution < 1.29 is 19.2 Å². The number of nitrogens with zero attached hydrogens (tertiary/aromatic N) is 5. The fourth-order valence-corrected chi connectivity index (χ4v) is 1.68. The number of nitrogens with one attached hydrogen (secondary N) is 1. The summed E-state index contributed by atoms with van der Waals surface area (Å²) in [6.07, 6.45) is 1.35. The Labute approximate surface area is 132 Å². The molecule has 0 aromatic carbocycles. The molecule has 0 aliphatic carbocycles. The number of anilines is 1. The molecule has 122 valence electrons. The van der Waals surface area contributed by atoms with Crippen LogP contribution in [0.15, 0.2) is 17.1 Å². The Hall–Kier alpha value is -3.17. The summed E-state index contributed by atoms with van der Waals surface area (Å²) in [5.41, 5.74) is 1.52. The summed E-state index contributed by atoms with van der Waals surface area (Å²) in [5, 5.41) is 33.4. The summed E-state index contributed by atoms with van der Waals surface area (Å²) in [6, 6.07) is 3.08. The van der Waals surface area contributed by atoms with Crippen molar-refractivity contribution in [1.82, 2.24) is 10.2 Å². The quantitative estimate of drug-likeness (QED) is 0.360. The van der Waals surface area contributed by atoms with Crippen molar-refractivity contribution in [3.05, 3.63) is 33.9 Å². The molecule has 0 saturated heterocycles. The van der Waals surface area contributed by atoms with E-state index in [1.54, 1.807) is 19.9 Å². The molecule has 2 heterocycles. The highest BCUT2D eigenvalue weighted by atomic mass is 16.5. The summed E-state index contributed by atoms with van der Waals surface area (Å²) < 4.78 is 9.86. The maximum Gasteiger partial charge on any atom is 0.282 e. The van der Waals surface area contributed by atoms with Gasteiger partial charge in [0.05, 0.1) is 30.8 Å². The second-order valence-electron chi connectivity index (χ2n) is 4.49. The first-order valence-electron chi connectivity index (χ1n) is 6.56. The van der Waals surface area contributed by atoms with Gasteiger partial charge in [0.25, 0.3) is 11.8 Å². The van der Waals surface area contributed by atoms with Gasteiger partial charge in [-0.15, -0.1) is 0 Å². The monoisotopic (exact) mass is 320 g/mol. The molecular formula is C13H16N6O4. The molecule has 0 fully saturated rings. The summed E-state index contributed by atoms with van der Waals surface area (Å²) in [5.74, 6) is 0.317. The lowest BCUT2D eigenvalue weighted by molar-refractivity contribution is -0.675. The predicted octanol–water partition coefficient (Wildman–Crippen LogP) is 0.149. The molecule has 2 aromatic heterocycles. The van der Waals surface area contributed by atoms with Gasteiger partial charge in [0.1, 0.15) is 11.4 Å². The number of rotatable bonds is 5. The van der Waals surface area contributed by atoms with Crippen LogP contribution in [0, 0.1) is 24.3 Å². The van der Waals surface area contributed by atoms with Crippen molar-refractivity contribution in [3.63, 3.8) is 0 Å². The van der Waals surface area contributed by atoms with E-state index < -0.39 is 0 Å². The van der Waals surface area contributed by atoms with Gasteiger partial charge in [-0.1, -0.05) is 0 Å². The van der Waals surface area contributed by atoms with E-state index in [1.165, 1.54) is 26.6 Å². The van der Waals surface area contributed by atoms with Crippen LogP contribution in [0.5, 0.6) is 11.8 Å². The lowest BCUT2D eigenvalue weighted by atomic mass is 10.3. The van der Waals surface area contributed by atoms with E-state index in [4.69, 9.17) is 9.47 Å². The van der Waals surface area contributed by atoms with Crippen LogP contribution in [0.3, 0.4) is 0 Å². The maximum atomic E-state index is 11.6. The zero-order valence-electron chi connectivity index (χ0n) is 13.1. The molecule has 23 heavy (non-hydrogen) atoms. The van der Waals surface area contributed by atoms with Crippen LogP contribution < -0.4 is 24.5 Å². The minimum Gasteiger partial charge on any atom is -0.594 e. The maximum absolute atomic E-state index is 11.6. The van der Waals surface area contributed by atoms with Crippen LogP contribution in [0.4, 0.5) is 11.4 Å². The molecule has 0 aliphatic rings. The largest absolute Gasteiger partial charge is 0.594 e. The third kappa shape index (κ3) is 3.54. The molecule has 0 unspecified atom stereocenters. The van der Waals surface area contributed by atoms with Gasteiger partial charge >= 0.3 is 0 Å². The van der Waals surface area contributed by atoms with E-state index in [0.29, 0.717) is 32.5 Å². The van der Waals surface area contributed by atoms with Crippen LogP contribution >= 0.6 is 0 Å². The van der Waals surface area contributed by atoms with Crippen LogP contribution in [0.2, 0.25) is 0 Å². The third-order valence-corrected chi connectivity index (χ3v) is 3.08. The molecule has 0 atom stereocenters. The molecule has 2 aromatic rings. The normalized spacial score (nSPS) is 10.8. The number of aliphatic imine (C=N–C) groups is 1. The highest BCUT2D eigenvalue weighted by Crippen LogP contribution is 2.19. The second kappa shape index (κ2) is 6.73. The summed E-state index contributed by atoms with van der Waals surface area (Å²) in [7, 11) is 2.82. The molecule has 0 saturated carbocycles. The first kappa shape index (κ1) is 16.2. The Morgan fingerprint density at radius 1 is 1.04 bits per heavy atom. The zero-order chi connectivity index (χ0) is 17.0. The molecule has 0 spiro atoms. The van der Waals surface area contributed by atoms with Crippen LogP contribution in [0.1, 0.15) is 11.4 Å². The molecular weight excluding hydrogens is 304 g/mol. The fraction of sp³-hybridized carbons (Fsp3) is 0.308. The Kier molecular flexibility index (Phi) is 4.74. The summed E-state index contributed by atoms with van der Waals surface area (Å²) >= 11 is 0. The Bertz CT molecular complexity index is 750. The third-order valence-electron chi connectivity index (χ3n) is 3.08. The van der Waals surface area contributed by atoms with E-state index in [2.05, 4.69) is 20.5 Å². The van der Waals surface area contributed by atoms with E-state index in [1.807, 2.05) is 0 Å². The van der Waals surface area contributed by atoms with Crippen molar-refractivity contribution in [2.24, 2.45) is 4.99 Å². The summed E-state index contributed by atoms with van der Waals surface area (Å²) in [6.45, 7) is 3.18. The standard InChI is InChI=1S/C13H16N6O4/c1-8-10(5-12(22-3)16-18(8)20)14-7-15-11-6-13(23-4)17-19(21)9(11)2/h5-7H,1-4H3,(H,14,15). The van der Waals surface area contributed by atoms with Gasteiger partial charge < -0.3 is 25.2 Å². The lowest BCUT2D eigenvalue weighted by Gasteiger charge is -2.06. The van der Waals surface area contributed by atoms with E-state index in [9.17, 15) is 10.4 Å². The number of ether oxygens (including phenoxy) is 2. The predicted molar refractivity (Wildman–Crippen MR) is 80.7 cm³/mol. The van der Waals surface area contributed by atoms with Gasteiger partial charge in [-0.2, -0.15) is 0 Å². The van der Waals surface area contributed by atoms with Gasteiger partial charge in [-0.25, -0.2) is 4.99 Å². The number of hydrogen-bond acceptors (Lipinski definition) is 7. The zero-order valence-corrected chi connectivity index (χ0v) is 13.1. The highest BCUT2D eigenvalue weighted by Gasteiger charge is 2.13. The fourth-order valence-electron chi connectivity index (χ4n) is 1.68. The smallest absolute Gasteiger partial charge is 0.282 e. The molecule has 0 amide bonds. The van der Waals surface area contributed by atoms with E-state index >= 15 is 0 Å². The molecule has 0 bridgehead atoms. The van der Waals surface area contributed by atoms with Gasteiger partial charge in [0, 0.05) is 26.0 Å². The minimum atomic E-state index is 0.150. The Morgan fingerprint density at radius 2 is 1.61 bits per heavy atom. The van der Waals surface area contributed by atoms with Gasteiger partial charge in [-0.05, 0) is 9.69 Å². The van der Waals surface area contributed by atoms with Crippen molar-refractivity contribution in [1.29, 1.82) is 0 Å². The van der Waals surface area contributed by atoms with Gasteiger partial charge in [0.15, 0.2) is 0 Å². The average Bonchev–Trinajstić information content (AvgIpc) is 2.54. The lowest BCUT2D eigenvalue weighted by Crippen LogP contribution is -2.35. The first-order chi connectivity index (χ1) is 11.0. The first-order valence-corrected chi connectivity index (χ1v) is 6.56. The number of methoxy groups -OCH3 is 2. The van der Waals surface area contributed by atoms with Gasteiger partial charge in [-0.3, -0.25) is 0 Å². The molecule has 1 N–H and O–H groups in total. The topological polar surface area (TPSA) is 123 Å². The minimum absolute atomic E-state index is 0.150. The molecule has 0 radical (unpaired) electrons. The van der Waals surface area contributed by atoms with Crippen molar-refractivity contribution >= 4 is 17.7 Å². The summed E-state index contributed by atoms with van der Waals surface area (Å²) in [4.78, 5) is 5.02. The van der Waals surface area contributed by atoms with Crippen LogP contribution in [-0.4, -0.2) is 30.8 Å². The Morgan fingerprint density at radius 3 is 2.22 bits per heavy atom. The Balaban J connectivity index is 2.26. The van der Waals surface area contributed by atoms with Crippen LogP contribution in [-0.2, 0) is 0 Å². The SMILES string of the molecule is COc1cc(N=CNc2cc(OC)n[n+]([O-])c2C)c(C)[n+]([O-])n1. The van der Waals surface area contributed by atoms with Crippen molar-refractivity contribution in [2.45, 2.75) is 13.8 Å². The average molecular weight is 320 g/mol. The van der Waals surface area contributed by atoms with E-state index in [0.717, 1.165) is 0 Å². The van der Waals surface area contributed by atoms with Crippen LogP contribution in [0.25, 0.3) is 0 Å². The number of hydrogen-bond donors (Lipinski definition) is 1. The highest BCUT2D eigenvalue weighted by molar-refractivity contribution is 5.78. The van der Waals surface area contributed by atoms with Gasteiger partial charge in [0.2, 0.25) is 11.4 Å².